The molecule has 1 aliphatic rings. The number of benzene rings is 1. The SMILES string of the molecule is CSCCCNC(=S)N1CCN(S(=O)(=O)c2ccc(C(C)(C)C)cc2)CC1. The molecule has 0 bridgehead atoms. The third-order valence-electron chi connectivity index (χ3n) is 4.69. The van der Waals surface area contributed by atoms with E-state index in [4.69, 9.17) is 12.2 Å². The highest BCUT2D eigenvalue weighted by atomic mass is 32.2. The van der Waals surface area contributed by atoms with Gasteiger partial charge in [0, 0.05) is 32.7 Å². The molecule has 2 rings (SSSR count). The molecule has 0 spiro atoms. The van der Waals surface area contributed by atoms with Gasteiger partial charge in [-0.2, -0.15) is 16.1 Å². The zero-order chi connectivity index (χ0) is 20.1. The van der Waals surface area contributed by atoms with E-state index in [9.17, 15) is 8.42 Å². The van der Waals surface area contributed by atoms with Crippen molar-refractivity contribution in [3.63, 3.8) is 0 Å². The number of hydrogen-bond acceptors (Lipinski definition) is 4. The van der Waals surface area contributed by atoms with Crippen molar-refractivity contribution in [2.24, 2.45) is 0 Å². The normalized spacial score (nSPS) is 16.4. The lowest BCUT2D eigenvalue weighted by atomic mass is 9.87. The second kappa shape index (κ2) is 9.58. The molecule has 1 fully saturated rings. The number of rotatable bonds is 6. The van der Waals surface area contributed by atoms with Crippen LogP contribution in [-0.4, -0.2) is 67.5 Å². The van der Waals surface area contributed by atoms with Crippen LogP contribution in [0, 0.1) is 0 Å². The van der Waals surface area contributed by atoms with E-state index in [0.29, 0.717) is 31.1 Å². The van der Waals surface area contributed by atoms with E-state index < -0.39 is 10.0 Å². The number of piperazine rings is 1. The van der Waals surface area contributed by atoms with Crippen molar-refractivity contribution in [3.8, 4) is 0 Å². The van der Waals surface area contributed by atoms with Gasteiger partial charge in [-0.1, -0.05) is 32.9 Å². The number of hydrogen-bond donors (Lipinski definition) is 1. The fourth-order valence-corrected chi connectivity index (χ4v) is 5.07. The van der Waals surface area contributed by atoms with E-state index >= 15 is 0 Å². The van der Waals surface area contributed by atoms with E-state index in [1.165, 1.54) is 0 Å². The van der Waals surface area contributed by atoms with Crippen molar-refractivity contribution >= 4 is 39.1 Å². The van der Waals surface area contributed by atoms with Gasteiger partial charge in [0.25, 0.3) is 0 Å². The molecule has 1 aliphatic heterocycles. The smallest absolute Gasteiger partial charge is 0.243 e. The summed E-state index contributed by atoms with van der Waals surface area (Å²) in [6.45, 7) is 9.36. The third kappa shape index (κ3) is 6.07. The van der Waals surface area contributed by atoms with Crippen LogP contribution in [0.4, 0.5) is 0 Å². The van der Waals surface area contributed by atoms with Crippen LogP contribution >= 0.6 is 24.0 Å². The molecule has 0 aliphatic carbocycles. The van der Waals surface area contributed by atoms with Crippen molar-refractivity contribution in [2.45, 2.75) is 37.5 Å². The highest BCUT2D eigenvalue weighted by molar-refractivity contribution is 7.98. The molecule has 0 unspecified atom stereocenters. The largest absolute Gasteiger partial charge is 0.363 e. The maximum Gasteiger partial charge on any atom is 0.243 e. The van der Waals surface area contributed by atoms with Crippen molar-refractivity contribution in [1.82, 2.24) is 14.5 Å². The van der Waals surface area contributed by atoms with Gasteiger partial charge in [0.05, 0.1) is 4.90 Å². The molecule has 0 radical (unpaired) electrons. The first-order valence-electron chi connectivity index (χ1n) is 9.28. The Bertz CT molecular complexity index is 720. The van der Waals surface area contributed by atoms with Gasteiger partial charge in [-0.15, -0.1) is 0 Å². The molecule has 1 saturated heterocycles. The van der Waals surface area contributed by atoms with E-state index in [-0.39, 0.29) is 5.41 Å². The second-order valence-electron chi connectivity index (χ2n) is 7.74. The van der Waals surface area contributed by atoms with Crippen LogP contribution in [0.3, 0.4) is 0 Å². The first-order valence-corrected chi connectivity index (χ1v) is 12.5. The third-order valence-corrected chi connectivity index (χ3v) is 7.70. The predicted molar refractivity (Wildman–Crippen MR) is 119 cm³/mol. The summed E-state index contributed by atoms with van der Waals surface area (Å²) in [5.74, 6) is 1.11. The van der Waals surface area contributed by atoms with Gasteiger partial charge in [0.2, 0.25) is 10.0 Å². The Kier molecular flexibility index (Phi) is 7.97. The molecule has 0 amide bonds. The first kappa shape index (κ1) is 22.5. The topological polar surface area (TPSA) is 52.6 Å². The van der Waals surface area contributed by atoms with Crippen LogP contribution in [0.5, 0.6) is 0 Å². The first-order chi connectivity index (χ1) is 12.7. The summed E-state index contributed by atoms with van der Waals surface area (Å²) in [6.07, 6.45) is 3.16. The highest BCUT2D eigenvalue weighted by Gasteiger charge is 2.29. The van der Waals surface area contributed by atoms with Crippen LogP contribution in [0.15, 0.2) is 29.2 Å². The number of thioether (sulfide) groups is 1. The summed E-state index contributed by atoms with van der Waals surface area (Å²) in [5.41, 5.74) is 1.14. The number of nitrogens with one attached hydrogen (secondary N) is 1. The van der Waals surface area contributed by atoms with Crippen molar-refractivity contribution < 1.29 is 8.42 Å². The van der Waals surface area contributed by atoms with E-state index in [2.05, 4.69) is 37.2 Å². The quantitative estimate of drug-likeness (QED) is 0.554. The van der Waals surface area contributed by atoms with Crippen LogP contribution in [0.2, 0.25) is 0 Å². The summed E-state index contributed by atoms with van der Waals surface area (Å²) < 4.78 is 27.4. The van der Waals surface area contributed by atoms with Gasteiger partial charge in [-0.05, 0) is 53.8 Å². The molecule has 0 saturated carbocycles. The summed E-state index contributed by atoms with van der Waals surface area (Å²) >= 11 is 7.26. The summed E-state index contributed by atoms with van der Waals surface area (Å²) in [6, 6.07) is 7.27. The van der Waals surface area contributed by atoms with Gasteiger partial charge in [0.1, 0.15) is 0 Å². The van der Waals surface area contributed by atoms with Gasteiger partial charge in [0.15, 0.2) is 5.11 Å². The minimum Gasteiger partial charge on any atom is -0.363 e. The van der Waals surface area contributed by atoms with Crippen molar-refractivity contribution in [1.29, 1.82) is 0 Å². The molecule has 1 aromatic carbocycles. The maximum absolute atomic E-state index is 12.9. The molecule has 0 atom stereocenters. The molecule has 8 heteroatoms. The monoisotopic (exact) mass is 429 g/mol. The van der Waals surface area contributed by atoms with Crippen LogP contribution < -0.4 is 5.32 Å². The van der Waals surface area contributed by atoms with E-state index in [1.807, 2.05) is 23.9 Å². The van der Waals surface area contributed by atoms with Crippen LogP contribution in [-0.2, 0) is 15.4 Å². The molecular weight excluding hydrogens is 398 g/mol. The Balaban J connectivity index is 1.93. The number of sulfonamides is 1. The van der Waals surface area contributed by atoms with Gasteiger partial charge >= 0.3 is 0 Å². The zero-order valence-corrected chi connectivity index (χ0v) is 19.1. The average Bonchev–Trinajstić information content (AvgIpc) is 2.64. The Morgan fingerprint density at radius 1 is 1.15 bits per heavy atom. The lowest BCUT2D eigenvalue weighted by Gasteiger charge is -2.35. The Morgan fingerprint density at radius 2 is 1.74 bits per heavy atom. The molecular formula is C19H31N3O2S3. The Labute approximate surface area is 173 Å². The minimum atomic E-state index is -3.46. The fourth-order valence-electron chi connectivity index (χ4n) is 2.93. The lowest BCUT2D eigenvalue weighted by Crippen LogP contribution is -2.53. The highest BCUT2D eigenvalue weighted by Crippen LogP contribution is 2.25. The standard InChI is InChI=1S/C19H31N3O2S3/c1-19(2,3)16-6-8-17(9-7-16)27(23,24)22-13-11-21(12-14-22)18(25)20-10-5-15-26-4/h6-9H,5,10-15H2,1-4H3,(H,20,25). The minimum absolute atomic E-state index is 0.00638. The molecule has 0 aromatic heterocycles. The number of nitrogens with zero attached hydrogens (tertiary/aromatic N) is 2. The maximum atomic E-state index is 12.9. The predicted octanol–water partition coefficient (Wildman–Crippen LogP) is 2.92. The summed E-state index contributed by atoms with van der Waals surface area (Å²) in [4.78, 5) is 2.42. The van der Waals surface area contributed by atoms with Crippen molar-refractivity contribution in [3.05, 3.63) is 29.8 Å². The molecule has 152 valence electrons. The van der Waals surface area contributed by atoms with E-state index in [0.717, 1.165) is 29.4 Å². The fraction of sp³-hybridized carbons (Fsp3) is 0.632. The van der Waals surface area contributed by atoms with E-state index in [1.54, 1.807) is 16.4 Å². The molecule has 1 N–H and O–H groups in total. The second-order valence-corrected chi connectivity index (χ2v) is 11.1. The lowest BCUT2D eigenvalue weighted by molar-refractivity contribution is 0.264. The molecule has 1 aromatic rings. The summed E-state index contributed by atoms with van der Waals surface area (Å²) in [7, 11) is -3.46. The van der Waals surface area contributed by atoms with Gasteiger partial charge in [-0.25, -0.2) is 8.42 Å². The van der Waals surface area contributed by atoms with Crippen molar-refractivity contribution in [2.75, 3.05) is 44.7 Å². The Morgan fingerprint density at radius 3 is 2.26 bits per heavy atom. The van der Waals surface area contributed by atoms with Gasteiger partial charge in [-0.3, -0.25) is 0 Å². The van der Waals surface area contributed by atoms with Gasteiger partial charge < -0.3 is 10.2 Å². The Hall–Kier alpha value is -0.830. The zero-order valence-electron chi connectivity index (χ0n) is 16.7. The van der Waals surface area contributed by atoms with Crippen LogP contribution in [0.25, 0.3) is 0 Å². The average molecular weight is 430 g/mol. The molecule has 1 heterocycles. The molecule has 5 nitrogen and oxygen atoms in total. The molecule has 27 heavy (non-hydrogen) atoms. The number of thiocarbonyl (C=S) groups is 1. The summed E-state index contributed by atoms with van der Waals surface area (Å²) in [5, 5.41) is 3.99. The van der Waals surface area contributed by atoms with Crippen LogP contribution in [0.1, 0.15) is 32.8 Å².